The molecule has 132 valence electrons. The Morgan fingerprint density at radius 3 is 2.76 bits per heavy atom. The highest BCUT2D eigenvalue weighted by Gasteiger charge is 2.25. The minimum Gasteiger partial charge on any atom is -0.352 e. The van der Waals surface area contributed by atoms with E-state index in [0.29, 0.717) is 6.04 Å². The van der Waals surface area contributed by atoms with Gasteiger partial charge in [-0.15, -0.1) is 0 Å². The van der Waals surface area contributed by atoms with Gasteiger partial charge in [-0.3, -0.25) is 0 Å². The van der Waals surface area contributed by atoms with Crippen LogP contribution in [0.4, 0.5) is 11.8 Å². The van der Waals surface area contributed by atoms with Crippen molar-refractivity contribution in [3.8, 4) is 0 Å². The molecule has 2 aromatic rings. The minimum absolute atomic E-state index is 0.588. The van der Waals surface area contributed by atoms with Gasteiger partial charge in [0, 0.05) is 37.4 Å². The SMILES string of the molecule is CCC1CCCCN1c1nc(C)cc(N2CCc3ccccc3C2)n1. The molecule has 2 aliphatic heterocycles. The first-order valence-electron chi connectivity index (χ1n) is 9.68. The van der Waals surface area contributed by atoms with Crippen molar-refractivity contribution < 1.29 is 0 Å². The van der Waals surface area contributed by atoms with Crippen LogP contribution in [0.15, 0.2) is 30.3 Å². The lowest BCUT2D eigenvalue weighted by Crippen LogP contribution is -2.40. The molecular formula is C21H28N4. The molecule has 0 amide bonds. The zero-order chi connectivity index (χ0) is 17.2. The summed E-state index contributed by atoms with van der Waals surface area (Å²) in [5, 5.41) is 0. The van der Waals surface area contributed by atoms with Crippen molar-refractivity contribution >= 4 is 11.8 Å². The molecule has 4 nitrogen and oxygen atoms in total. The van der Waals surface area contributed by atoms with Crippen LogP contribution in [-0.2, 0) is 13.0 Å². The van der Waals surface area contributed by atoms with Crippen molar-refractivity contribution in [3.63, 3.8) is 0 Å². The van der Waals surface area contributed by atoms with Crippen molar-refractivity contribution in [1.29, 1.82) is 0 Å². The molecule has 1 atom stereocenters. The van der Waals surface area contributed by atoms with E-state index in [0.717, 1.165) is 43.5 Å². The smallest absolute Gasteiger partial charge is 0.227 e. The van der Waals surface area contributed by atoms with Gasteiger partial charge in [-0.1, -0.05) is 31.2 Å². The Labute approximate surface area is 150 Å². The Hall–Kier alpha value is -2.10. The molecule has 0 saturated carbocycles. The largest absolute Gasteiger partial charge is 0.352 e. The molecule has 4 heteroatoms. The maximum absolute atomic E-state index is 4.99. The average Bonchev–Trinajstić information content (AvgIpc) is 2.67. The number of anilines is 2. The molecule has 1 unspecified atom stereocenters. The van der Waals surface area contributed by atoms with Gasteiger partial charge in [-0.2, -0.15) is 4.98 Å². The molecule has 0 radical (unpaired) electrons. The zero-order valence-corrected chi connectivity index (χ0v) is 15.4. The molecule has 1 saturated heterocycles. The highest BCUT2D eigenvalue weighted by molar-refractivity contribution is 5.49. The second-order valence-corrected chi connectivity index (χ2v) is 7.36. The molecule has 0 spiro atoms. The first-order valence-corrected chi connectivity index (χ1v) is 9.68. The molecule has 4 rings (SSSR count). The van der Waals surface area contributed by atoms with Gasteiger partial charge in [0.1, 0.15) is 5.82 Å². The van der Waals surface area contributed by atoms with Crippen LogP contribution < -0.4 is 9.80 Å². The molecule has 0 bridgehead atoms. The van der Waals surface area contributed by atoms with Crippen LogP contribution in [0.5, 0.6) is 0 Å². The summed E-state index contributed by atoms with van der Waals surface area (Å²) in [6, 6.07) is 11.5. The fourth-order valence-corrected chi connectivity index (χ4v) is 4.21. The molecule has 2 aliphatic rings. The molecule has 3 heterocycles. The summed E-state index contributed by atoms with van der Waals surface area (Å²) >= 11 is 0. The average molecular weight is 336 g/mol. The maximum atomic E-state index is 4.99. The molecule has 1 fully saturated rings. The number of piperidine rings is 1. The molecular weight excluding hydrogens is 308 g/mol. The zero-order valence-electron chi connectivity index (χ0n) is 15.4. The van der Waals surface area contributed by atoms with Crippen LogP contribution in [0.2, 0.25) is 0 Å². The van der Waals surface area contributed by atoms with Gasteiger partial charge in [0.15, 0.2) is 0 Å². The van der Waals surface area contributed by atoms with Gasteiger partial charge in [-0.05, 0) is 50.2 Å². The van der Waals surface area contributed by atoms with Gasteiger partial charge in [-0.25, -0.2) is 4.98 Å². The number of aryl methyl sites for hydroxylation is 1. The van der Waals surface area contributed by atoms with Crippen molar-refractivity contribution in [2.75, 3.05) is 22.9 Å². The van der Waals surface area contributed by atoms with Crippen molar-refractivity contribution in [2.24, 2.45) is 0 Å². The third kappa shape index (κ3) is 3.35. The number of benzene rings is 1. The molecule has 0 aliphatic carbocycles. The van der Waals surface area contributed by atoms with Gasteiger partial charge in [0.2, 0.25) is 5.95 Å². The fraction of sp³-hybridized carbons (Fsp3) is 0.524. The topological polar surface area (TPSA) is 32.3 Å². The third-order valence-electron chi connectivity index (χ3n) is 5.64. The van der Waals surface area contributed by atoms with Crippen LogP contribution in [0, 0.1) is 6.92 Å². The molecule has 1 aromatic heterocycles. The minimum atomic E-state index is 0.588. The summed E-state index contributed by atoms with van der Waals surface area (Å²) in [6.45, 7) is 7.44. The predicted octanol–water partition coefficient (Wildman–Crippen LogP) is 4.12. The quantitative estimate of drug-likeness (QED) is 0.844. The summed E-state index contributed by atoms with van der Waals surface area (Å²) in [5.74, 6) is 2.01. The number of hydrogen-bond donors (Lipinski definition) is 0. The fourth-order valence-electron chi connectivity index (χ4n) is 4.21. The lowest BCUT2D eigenvalue weighted by atomic mass is 10.00. The van der Waals surface area contributed by atoms with Gasteiger partial charge < -0.3 is 9.80 Å². The van der Waals surface area contributed by atoms with Crippen LogP contribution in [0.1, 0.15) is 49.4 Å². The summed E-state index contributed by atoms with van der Waals surface area (Å²) in [4.78, 5) is 14.6. The van der Waals surface area contributed by atoms with Gasteiger partial charge in [0.05, 0.1) is 0 Å². The monoisotopic (exact) mass is 336 g/mol. The number of aromatic nitrogens is 2. The second-order valence-electron chi connectivity index (χ2n) is 7.36. The predicted molar refractivity (Wildman–Crippen MR) is 103 cm³/mol. The van der Waals surface area contributed by atoms with Crippen LogP contribution in [0.3, 0.4) is 0 Å². The Balaban J connectivity index is 1.62. The van der Waals surface area contributed by atoms with Crippen LogP contribution in [-0.4, -0.2) is 29.1 Å². The number of hydrogen-bond acceptors (Lipinski definition) is 4. The van der Waals surface area contributed by atoms with Gasteiger partial charge in [0.25, 0.3) is 0 Å². The Morgan fingerprint density at radius 1 is 1.08 bits per heavy atom. The lowest BCUT2D eigenvalue weighted by molar-refractivity contribution is 0.443. The van der Waals surface area contributed by atoms with E-state index >= 15 is 0 Å². The van der Waals surface area contributed by atoms with E-state index in [1.807, 2.05) is 0 Å². The highest BCUT2D eigenvalue weighted by Crippen LogP contribution is 2.28. The Morgan fingerprint density at radius 2 is 1.92 bits per heavy atom. The number of fused-ring (bicyclic) bond motifs is 1. The Bertz CT molecular complexity index is 742. The summed E-state index contributed by atoms with van der Waals surface area (Å²) in [5.41, 5.74) is 3.97. The first-order chi connectivity index (χ1) is 12.2. The van der Waals surface area contributed by atoms with Crippen molar-refractivity contribution in [1.82, 2.24) is 9.97 Å². The van der Waals surface area contributed by atoms with E-state index in [2.05, 4.69) is 54.0 Å². The number of rotatable bonds is 3. The van der Waals surface area contributed by atoms with E-state index in [1.54, 1.807) is 0 Å². The van der Waals surface area contributed by atoms with E-state index in [4.69, 9.17) is 9.97 Å². The van der Waals surface area contributed by atoms with Crippen molar-refractivity contribution in [2.45, 2.75) is 58.5 Å². The van der Waals surface area contributed by atoms with E-state index in [1.165, 1.54) is 36.8 Å². The summed E-state index contributed by atoms with van der Waals surface area (Å²) < 4.78 is 0. The standard InChI is InChI=1S/C21H28N4/c1-3-19-10-6-7-12-25(19)21-22-16(2)14-20(23-21)24-13-11-17-8-4-5-9-18(17)15-24/h4-5,8-9,14,19H,3,6-7,10-13,15H2,1-2H3. The highest BCUT2D eigenvalue weighted by atomic mass is 15.3. The van der Waals surface area contributed by atoms with Gasteiger partial charge >= 0.3 is 0 Å². The summed E-state index contributed by atoms with van der Waals surface area (Å²) in [7, 11) is 0. The Kier molecular flexibility index (Phi) is 4.60. The van der Waals surface area contributed by atoms with Crippen LogP contribution in [0.25, 0.3) is 0 Å². The van der Waals surface area contributed by atoms with Crippen molar-refractivity contribution in [3.05, 3.63) is 47.2 Å². The molecule has 25 heavy (non-hydrogen) atoms. The molecule has 1 aromatic carbocycles. The first kappa shape index (κ1) is 16.4. The molecule has 0 N–H and O–H groups in total. The van der Waals surface area contributed by atoms with E-state index in [-0.39, 0.29) is 0 Å². The lowest BCUT2D eigenvalue weighted by Gasteiger charge is -2.36. The van der Waals surface area contributed by atoms with Crippen LogP contribution >= 0.6 is 0 Å². The van der Waals surface area contributed by atoms with E-state index in [9.17, 15) is 0 Å². The number of nitrogens with zero attached hydrogens (tertiary/aromatic N) is 4. The third-order valence-corrected chi connectivity index (χ3v) is 5.64. The second kappa shape index (κ2) is 7.03. The maximum Gasteiger partial charge on any atom is 0.227 e. The summed E-state index contributed by atoms with van der Waals surface area (Å²) in [6.07, 6.45) is 6.11. The van der Waals surface area contributed by atoms with E-state index < -0.39 is 0 Å². The normalized spacial score (nSPS) is 20.5.